The van der Waals surface area contributed by atoms with Gasteiger partial charge in [0.25, 0.3) is 0 Å². The largest absolute Gasteiger partial charge is 0.377 e. The van der Waals surface area contributed by atoms with E-state index in [2.05, 4.69) is 45.0 Å². The van der Waals surface area contributed by atoms with E-state index in [0.29, 0.717) is 29.6 Å². The zero-order valence-electron chi connectivity index (χ0n) is 21.4. The Hall–Kier alpha value is -1.15. The maximum atomic E-state index is 13.5. The monoisotopic (exact) mass is 450 g/mol. The van der Waals surface area contributed by atoms with Crippen molar-refractivity contribution in [2.45, 2.75) is 98.0 Å². The Labute approximate surface area is 202 Å². The predicted molar refractivity (Wildman–Crippen MR) is 135 cm³/mol. The van der Waals surface area contributed by atoms with Gasteiger partial charge in [0.1, 0.15) is 5.78 Å². The highest BCUT2D eigenvalue weighted by Gasteiger charge is 2.62. The molecule has 0 amide bonds. The van der Waals surface area contributed by atoms with Crippen LogP contribution in [-0.4, -0.2) is 12.4 Å². The summed E-state index contributed by atoms with van der Waals surface area (Å²) >= 11 is 0. The first-order valence-electron chi connectivity index (χ1n) is 14.1. The van der Waals surface area contributed by atoms with Gasteiger partial charge in [-0.15, -0.1) is 0 Å². The maximum absolute atomic E-state index is 13.5. The number of ketones is 1. The van der Waals surface area contributed by atoms with E-state index in [1.165, 1.54) is 56.9 Å². The molecule has 4 fully saturated rings. The van der Waals surface area contributed by atoms with Gasteiger partial charge in [0.15, 0.2) is 0 Å². The molecule has 4 aliphatic carbocycles. The van der Waals surface area contributed by atoms with E-state index >= 15 is 0 Å². The number of carbonyl (C=O) groups is 1. The minimum atomic E-state index is 0.237. The molecular weight excluding hydrogens is 404 g/mol. The minimum absolute atomic E-state index is 0.237. The van der Waals surface area contributed by atoms with Crippen LogP contribution < -0.4 is 0 Å². The van der Waals surface area contributed by atoms with Crippen molar-refractivity contribution in [1.29, 1.82) is 0 Å². The molecular formula is C31H46O2. The van der Waals surface area contributed by atoms with E-state index in [4.69, 9.17) is 4.74 Å². The van der Waals surface area contributed by atoms with Crippen LogP contribution >= 0.6 is 0 Å². The molecule has 0 bridgehead atoms. The Morgan fingerprint density at radius 2 is 1.79 bits per heavy atom. The van der Waals surface area contributed by atoms with Crippen LogP contribution in [0.3, 0.4) is 0 Å². The van der Waals surface area contributed by atoms with Gasteiger partial charge in [-0.25, -0.2) is 0 Å². The normalized spacial score (nSPS) is 41.2. The third-order valence-electron chi connectivity index (χ3n) is 11.1. The summed E-state index contributed by atoms with van der Waals surface area (Å²) in [5, 5.41) is 0. The first-order valence-corrected chi connectivity index (χ1v) is 14.1. The van der Waals surface area contributed by atoms with Gasteiger partial charge in [0, 0.05) is 18.9 Å². The number of benzene rings is 1. The van der Waals surface area contributed by atoms with E-state index in [1.807, 2.05) is 6.07 Å². The van der Waals surface area contributed by atoms with Crippen LogP contribution in [0.4, 0.5) is 0 Å². The summed E-state index contributed by atoms with van der Waals surface area (Å²) in [5.74, 6) is 4.63. The molecule has 182 valence electrons. The molecule has 4 aliphatic rings. The average Bonchev–Trinajstić information content (AvgIpc) is 3.09. The first kappa shape index (κ1) is 23.6. The fourth-order valence-electron chi connectivity index (χ4n) is 9.53. The fourth-order valence-corrected chi connectivity index (χ4v) is 9.53. The molecule has 0 heterocycles. The molecule has 2 heteroatoms. The Morgan fingerprint density at radius 1 is 0.970 bits per heavy atom. The molecule has 33 heavy (non-hydrogen) atoms. The maximum Gasteiger partial charge on any atom is 0.137 e. The Kier molecular flexibility index (Phi) is 6.77. The predicted octanol–water partition coefficient (Wildman–Crippen LogP) is 7.85. The molecule has 5 rings (SSSR count). The minimum Gasteiger partial charge on any atom is -0.377 e. The Bertz CT molecular complexity index is 817. The van der Waals surface area contributed by atoms with Gasteiger partial charge in [-0.2, -0.15) is 0 Å². The number of carbonyl (C=O) groups excluding carboxylic acids is 1. The molecule has 4 saturated carbocycles. The molecule has 0 saturated heterocycles. The van der Waals surface area contributed by atoms with E-state index in [1.54, 1.807) is 0 Å². The van der Waals surface area contributed by atoms with E-state index in [0.717, 1.165) is 43.6 Å². The van der Waals surface area contributed by atoms with Gasteiger partial charge >= 0.3 is 0 Å². The lowest BCUT2D eigenvalue weighted by Crippen LogP contribution is -2.53. The van der Waals surface area contributed by atoms with Crippen molar-refractivity contribution in [3.05, 3.63) is 35.9 Å². The average molecular weight is 451 g/mol. The number of hydrogen-bond acceptors (Lipinski definition) is 2. The first-order chi connectivity index (χ1) is 15.9. The van der Waals surface area contributed by atoms with Crippen LogP contribution in [0.5, 0.6) is 0 Å². The van der Waals surface area contributed by atoms with Gasteiger partial charge in [0.05, 0.1) is 6.61 Å². The highest BCUT2D eigenvalue weighted by molar-refractivity contribution is 5.85. The van der Waals surface area contributed by atoms with E-state index in [-0.39, 0.29) is 11.3 Å². The molecule has 0 aliphatic heterocycles. The molecule has 2 nitrogen and oxygen atoms in total. The van der Waals surface area contributed by atoms with E-state index in [9.17, 15) is 4.79 Å². The summed E-state index contributed by atoms with van der Waals surface area (Å²) in [7, 11) is 0. The second-order valence-corrected chi connectivity index (χ2v) is 12.8. The zero-order chi connectivity index (χ0) is 23.1. The van der Waals surface area contributed by atoms with Crippen molar-refractivity contribution >= 4 is 5.78 Å². The molecule has 1 aromatic carbocycles. The second kappa shape index (κ2) is 9.48. The highest BCUT2D eigenvalue weighted by atomic mass is 16.5. The molecule has 0 spiro atoms. The highest BCUT2D eigenvalue weighted by Crippen LogP contribution is 2.67. The van der Waals surface area contributed by atoms with Crippen molar-refractivity contribution in [2.24, 2.45) is 46.3 Å². The number of fused-ring (bicyclic) bond motifs is 5. The summed E-state index contributed by atoms with van der Waals surface area (Å²) in [4.78, 5) is 13.5. The third kappa shape index (κ3) is 4.24. The molecule has 1 unspecified atom stereocenters. The molecule has 8 atom stereocenters. The summed E-state index contributed by atoms with van der Waals surface area (Å²) < 4.78 is 5.94. The number of hydrogen-bond donors (Lipinski definition) is 0. The third-order valence-corrected chi connectivity index (χ3v) is 11.1. The van der Waals surface area contributed by atoms with Crippen molar-refractivity contribution in [1.82, 2.24) is 0 Å². The van der Waals surface area contributed by atoms with Crippen LogP contribution in [-0.2, 0) is 16.1 Å². The van der Waals surface area contributed by atoms with Crippen molar-refractivity contribution in [3.63, 3.8) is 0 Å². The van der Waals surface area contributed by atoms with Crippen molar-refractivity contribution in [3.8, 4) is 0 Å². The van der Waals surface area contributed by atoms with Gasteiger partial charge in [-0.3, -0.25) is 4.79 Å². The summed E-state index contributed by atoms with van der Waals surface area (Å²) in [6, 6.07) is 10.4. The summed E-state index contributed by atoms with van der Waals surface area (Å²) in [6.45, 7) is 9.01. The lowest BCUT2D eigenvalue weighted by atomic mass is 9.44. The number of ether oxygens (including phenoxy) is 1. The van der Waals surface area contributed by atoms with Crippen LogP contribution in [0.2, 0.25) is 0 Å². The van der Waals surface area contributed by atoms with Gasteiger partial charge in [-0.05, 0) is 97.3 Å². The van der Waals surface area contributed by atoms with E-state index < -0.39 is 0 Å². The molecule has 1 aromatic rings. The second-order valence-electron chi connectivity index (χ2n) is 12.8. The molecule has 0 aromatic heterocycles. The standard InChI is InChI=1S/C31H46O2/c1-22(10-9-19-33-21-23-11-5-4-6-12-23)29-28(32)20-27-25-15-14-24-13-7-8-17-30(24,2)26(25)16-18-31(27,29)3/h4-6,11-12,22,24-27,29H,7-10,13-21H2,1-3H3/t22-,24?,25-,26+,27+,29+,30+,31+/m1/s1. The van der Waals surface area contributed by atoms with Crippen molar-refractivity contribution in [2.75, 3.05) is 6.61 Å². The smallest absolute Gasteiger partial charge is 0.137 e. The van der Waals surface area contributed by atoms with Crippen LogP contribution in [0.25, 0.3) is 0 Å². The molecule has 0 N–H and O–H groups in total. The summed E-state index contributed by atoms with van der Waals surface area (Å²) in [5.41, 5.74) is 2.04. The summed E-state index contributed by atoms with van der Waals surface area (Å²) in [6.07, 6.45) is 14.3. The molecule has 0 radical (unpaired) electrons. The number of Topliss-reactive ketones (excluding diaryl/α,β-unsaturated/α-hetero) is 1. The van der Waals surface area contributed by atoms with Crippen LogP contribution in [0.15, 0.2) is 30.3 Å². The van der Waals surface area contributed by atoms with Crippen molar-refractivity contribution < 1.29 is 9.53 Å². The Morgan fingerprint density at radius 3 is 2.61 bits per heavy atom. The van der Waals surface area contributed by atoms with Gasteiger partial charge < -0.3 is 4.74 Å². The van der Waals surface area contributed by atoms with Gasteiger partial charge in [0.2, 0.25) is 0 Å². The number of rotatable bonds is 7. The van der Waals surface area contributed by atoms with Crippen LogP contribution in [0, 0.1) is 46.3 Å². The lowest BCUT2D eigenvalue weighted by Gasteiger charge is -2.60. The topological polar surface area (TPSA) is 26.3 Å². The van der Waals surface area contributed by atoms with Crippen LogP contribution in [0.1, 0.15) is 97.0 Å². The SMILES string of the molecule is C[C@H](CCCOCc1ccccc1)[C@H]1C(=O)C[C@H]2[C@@H]3CCC4CCCC[C@]4(C)[C@H]3CC[C@]12C. The Balaban J connectivity index is 1.20. The lowest BCUT2D eigenvalue weighted by molar-refractivity contribution is -0.126. The zero-order valence-corrected chi connectivity index (χ0v) is 21.4. The quantitative estimate of drug-likeness (QED) is 0.395. The fraction of sp³-hybridized carbons (Fsp3) is 0.774. The van der Waals surface area contributed by atoms with Gasteiger partial charge in [-0.1, -0.05) is 63.9 Å².